The molecule has 6 nitrogen and oxygen atoms in total. The van der Waals surface area contributed by atoms with Crippen LogP contribution in [0, 0.1) is 5.82 Å². The number of aromatic nitrogens is 2. The van der Waals surface area contributed by atoms with Gasteiger partial charge in [-0.15, -0.1) is 0 Å². The van der Waals surface area contributed by atoms with Gasteiger partial charge in [0.05, 0.1) is 28.6 Å². The van der Waals surface area contributed by atoms with Crippen molar-refractivity contribution in [3.8, 4) is 16.9 Å². The molecule has 0 fully saturated rings. The maximum absolute atomic E-state index is 13.3. The second kappa shape index (κ2) is 8.64. The Kier molecular flexibility index (Phi) is 6.23. The molecule has 0 unspecified atom stereocenters. The third-order valence-corrected chi connectivity index (χ3v) is 5.23. The van der Waals surface area contributed by atoms with Crippen molar-refractivity contribution in [1.29, 1.82) is 0 Å². The molecule has 3 aromatic rings. The van der Waals surface area contributed by atoms with Crippen LogP contribution in [0.4, 0.5) is 4.39 Å². The van der Waals surface area contributed by atoms with E-state index in [2.05, 4.69) is 5.10 Å². The molecule has 2 aromatic carbocycles. The van der Waals surface area contributed by atoms with E-state index in [0.717, 1.165) is 17.5 Å². The molecule has 8 heteroatoms. The average molecular weight is 404 g/mol. The molecule has 3 rings (SSSR count). The Morgan fingerprint density at radius 2 is 1.79 bits per heavy atom. The summed E-state index contributed by atoms with van der Waals surface area (Å²) >= 11 is 0. The lowest BCUT2D eigenvalue weighted by atomic mass is 10.1. The number of hydrogen-bond donors (Lipinski definition) is 1. The molecule has 0 atom stereocenters. The maximum Gasteiger partial charge on any atom is 0.175 e. The summed E-state index contributed by atoms with van der Waals surface area (Å²) < 4.78 is 43.9. The zero-order chi connectivity index (χ0) is 20.1. The van der Waals surface area contributed by atoms with Crippen LogP contribution >= 0.6 is 0 Å². The number of sulfone groups is 1. The molecular weight excluding hydrogens is 383 g/mol. The van der Waals surface area contributed by atoms with Gasteiger partial charge in [0.1, 0.15) is 5.82 Å². The van der Waals surface area contributed by atoms with Crippen LogP contribution in [0.15, 0.2) is 59.5 Å². The van der Waals surface area contributed by atoms with E-state index in [1.807, 2.05) is 6.07 Å². The van der Waals surface area contributed by atoms with E-state index in [4.69, 9.17) is 9.84 Å². The Morgan fingerprint density at radius 3 is 2.39 bits per heavy atom. The number of halogens is 1. The predicted molar refractivity (Wildman–Crippen MR) is 103 cm³/mol. The molecule has 0 radical (unpaired) electrons. The first-order chi connectivity index (χ1) is 13.4. The smallest absolute Gasteiger partial charge is 0.175 e. The van der Waals surface area contributed by atoms with E-state index in [0.29, 0.717) is 24.4 Å². The normalized spacial score (nSPS) is 11.7. The molecule has 0 amide bonds. The molecule has 0 aliphatic carbocycles. The second-order valence-corrected chi connectivity index (χ2v) is 8.35. The highest BCUT2D eigenvalue weighted by molar-refractivity contribution is 7.90. The Bertz CT molecular complexity index is 1030. The van der Waals surface area contributed by atoms with Crippen LogP contribution in [-0.4, -0.2) is 42.8 Å². The molecular formula is C20H21FN2O4S. The van der Waals surface area contributed by atoms with Gasteiger partial charge in [-0.1, -0.05) is 12.1 Å². The minimum absolute atomic E-state index is 0.0575. The summed E-state index contributed by atoms with van der Waals surface area (Å²) in [6, 6.07) is 14.3. The van der Waals surface area contributed by atoms with Crippen LogP contribution in [0.2, 0.25) is 0 Å². The summed E-state index contributed by atoms with van der Waals surface area (Å²) in [6.45, 7) is 0.739. The number of aliphatic hydroxyl groups excluding tert-OH is 1. The first-order valence-electron chi connectivity index (χ1n) is 8.72. The minimum Gasteiger partial charge on any atom is -0.396 e. The SMILES string of the molecule is CS(=O)(=O)c1ccc(-c2cc(COCCCO)nn2-c2ccc(F)cc2)cc1. The van der Waals surface area contributed by atoms with Crippen molar-refractivity contribution < 1.29 is 22.7 Å². The van der Waals surface area contributed by atoms with Crippen LogP contribution < -0.4 is 0 Å². The molecule has 1 heterocycles. The predicted octanol–water partition coefficient (Wildman–Crippen LogP) is 2.98. The van der Waals surface area contributed by atoms with Crippen LogP contribution in [0.5, 0.6) is 0 Å². The van der Waals surface area contributed by atoms with Crippen molar-refractivity contribution in [2.24, 2.45) is 0 Å². The largest absolute Gasteiger partial charge is 0.396 e. The molecule has 0 bridgehead atoms. The maximum atomic E-state index is 13.3. The number of rotatable bonds is 8. The molecule has 0 aliphatic rings. The molecule has 0 saturated heterocycles. The Labute approximate surface area is 163 Å². The molecule has 1 aromatic heterocycles. The zero-order valence-electron chi connectivity index (χ0n) is 15.4. The summed E-state index contributed by atoms with van der Waals surface area (Å²) in [5.41, 5.74) is 2.84. The van der Waals surface area contributed by atoms with Crippen molar-refractivity contribution in [3.05, 3.63) is 66.1 Å². The topological polar surface area (TPSA) is 81.4 Å². The van der Waals surface area contributed by atoms with E-state index < -0.39 is 9.84 Å². The van der Waals surface area contributed by atoms with Gasteiger partial charge < -0.3 is 9.84 Å². The minimum atomic E-state index is -3.29. The van der Waals surface area contributed by atoms with Crippen molar-refractivity contribution >= 4 is 9.84 Å². The van der Waals surface area contributed by atoms with Gasteiger partial charge in [0, 0.05) is 25.0 Å². The molecule has 0 saturated carbocycles. The Morgan fingerprint density at radius 1 is 1.11 bits per heavy atom. The first-order valence-corrected chi connectivity index (χ1v) is 10.6. The Balaban J connectivity index is 1.97. The number of aliphatic hydroxyl groups is 1. The van der Waals surface area contributed by atoms with E-state index in [-0.39, 0.29) is 23.9 Å². The number of ether oxygens (including phenoxy) is 1. The summed E-state index contributed by atoms with van der Waals surface area (Å²) in [4.78, 5) is 0.233. The van der Waals surface area contributed by atoms with E-state index >= 15 is 0 Å². The van der Waals surface area contributed by atoms with Gasteiger partial charge in [-0.25, -0.2) is 17.5 Å². The van der Waals surface area contributed by atoms with E-state index in [9.17, 15) is 12.8 Å². The van der Waals surface area contributed by atoms with Gasteiger partial charge in [0.15, 0.2) is 9.84 Å². The fourth-order valence-corrected chi connectivity index (χ4v) is 3.33. The van der Waals surface area contributed by atoms with Gasteiger partial charge in [-0.05, 0) is 48.9 Å². The lowest BCUT2D eigenvalue weighted by molar-refractivity contribution is 0.102. The quantitative estimate of drug-likeness (QED) is 0.584. The molecule has 1 N–H and O–H groups in total. The van der Waals surface area contributed by atoms with Gasteiger partial charge >= 0.3 is 0 Å². The van der Waals surface area contributed by atoms with E-state index in [1.54, 1.807) is 41.1 Å². The zero-order valence-corrected chi connectivity index (χ0v) is 16.2. The summed E-state index contributed by atoms with van der Waals surface area (Å²) in [7, 11) is -3.29. The third kappa shape index (κ3) is 4.83. The van der Waals surface area contributed by atoms with Crippen LogP contribution in [0.3, 0.4) is 0 Å². The summed E-state index contributed by atoms with van der Waals surface area (Å²) in [5.74, 6) is -0.345. The standard InChI is InChI=1S/C20H21FN2O4S/c1-28(25,26)19-9-3-15(4-10-19)20-13-17(14-27-12-2-11-24)22-23(20)18-7-5-16(21)6-8-18/h3-10,13,24H,2,11-12,14H2,1H3. The average Bonchev–Trinajstić information content (AvgIpc) is 3.09. The molecule has 0 aliphatic heterocycles. The van der Waals surface area contributed by atoms with Crippen molar-refractivity contribution in [3.63, 3.8) is 0 Å². The fraction of sp³-hybridized carbons (Fsp3) is 0.250. The first kappa shape index (κ1) is 20.2. The van der Waals surface area contributed by atoms with Gasteiger partial charge in [0.25, 0.3) is 0 Å². The Hall–Kier alpha value is -2.55. The van der Waals surface area contributed by atoms with Gasteiger partial charge in [0.2, 0.25) is 0 Å². The molecule has 148 valence electrons. The molecule has 28 heavy (non-hydrogen) atoms. The van der Waals surface area contributed by atoms with Gasteiger partial charge in [-0.2, -0.15) is 5.10 Å². The highest BCUT2D eigenvalue weighted by atomic mass is 32.2. The van der Waals surface area contributed by atoms with Crippen molar-refractivity contribution in [1.82, 2.24) is 9.78 Å². The highest BCUT2D eigenvalue weighted by Crippen LogP contribution is 2.26. The van der Waals surface area contributed by atoms with Crippen LogP contribution in [-0.2, 0) is 21.2 Å². The lowest BCUT2D eigenvalue weighted by Gasteiger charge is -2.08. The van der Waals surface area contributed by atoms with Crippen LogP contribution in [0.25, 0.3) is 16.9 Å². The summed E-state index contributed by atoms with van der Waals surface area (Å²) in [5, 5.41) is 13.4. The van der Waals surface area contributed by atoms with Crippen molar-refractivity contribution in [2.45, 2.75) is 17.9 Å². The van der Waals surface area contributed by atoms with Gasteiger partial charge in [-0.3, -0.25) is 0 Å². The number of nitrogens with zero attached hydrogens (tertiary/aromatic N) is 2. The fourth-order valence-electron chi connectivity index (χ4n) is 2.70. The highest BCUT2D eigenvalue weighted by Gasteiger charge is 2.14. The second-order valence-electron chi connectivity index (χ2n) is 6.34. The lowest BCUT2D eigenvalue weighted by Crippen LogP contribution is -2.02. The number of hydrogen-bond acceptors (Lipinski definition) is 5. The van der Waals surface area contributed by atoms with Crippen LogP contribution in [0.1, 0.15) is 12.1 Å². The number of benzene rings is 2. The monoisotopic (exact) mass is 404 g/mol. The molecule has 0 spiro atoms. The summed E-state index contributed by atoms with van der Waals surface area (Å²) in [6.07, 6.45) is 1.70. The third-order valence-electron chi connectivity index (χ3n) is 4.11. The van der Waals surface area contributed by atoms with E-state index in [1.165, 1.54) is 12.1 Å². The van der Waals surface area contributed by atoms with Crippen molar-refractivity contribution in [2.75, 3.05) is 19.5 Å².